The Kier molecular flexibility index (Phi) is 6.40. The number of anilines is 1. The summed E-state index contributed by atoms with van der Waals surface area (Å²) in [6.07, 6.45) is 2.25. The van der Waals surface area contributed by atoms with Crippen LogP contribution in [0.2, 0.25) is 0 Å². The number of hydrogen-bond acceptors (Lipinski definition) is 4. The lowest BCUT2D eigenvalue weighted by Crippen LogP contribution is -2.25. The number of carbonyl (C=O) groups is 2. The van der Waals surface area contributed by atoms with Crippen LogP contribution in [0.4, 0.5) is 5.82 Å². The van der Waals surface area contributed by atoms with Gasteiger partial charge in [-0.15, -0.1) is 0 Å². The number of aromatic nitrogens is 2. The number of hydrogen-bond donors (Lipinski definition) is 2. The Hall–Kier alpha value is -3.35. The first-order valence-electron chi connectivity index (χ1n) is 10.0. The minimum Gasteiger partial charge on any atom is -0.459 e. The molecule has 158 valence electrons. The molecule has 0 atom stereocenters. The van der Waals surface area contributed by atoms with Crippen LogP contribution >= 0.6 is 0 Å². The number of nitrogens with one attached hydrogen (secondary N) is 2. The Morgan fingerprint density at radius 1 is 1.13 bits per heavy atom. The second-order valence-corrected chi connectivity index (χ2v) is 8.30. The largest absolute Gasteiger partial charge is 0.459 e. The molecule has 0 aliphatic carbocycles. The Balaban J connectivity index is 1.64. The quantitative estimate of drug-likeness (QED) is 0.573. The van der Waals surface area contributed by atoms with E-state index in [2.05, 4.69) is 31.4 Å². The Bertz CT molecular complexity index is 1010. The zero-order valence-electron chi connectivity index (χ0n) is 17.9. The van der Waals surface area contributed by atoms with Gasteiger partial charge in [-0.05, 0) is 43.2 Å². The van der Waals surface area contributed by atoms with Crippen LogP contribution in [0.1, 0.15) is 55.4 Å². The van der Waals surface area contributed by atoms with Gasteiger partial charge in [0.1, 0.15) is 5.82 Å². The molecule has 2 aromatic heterocycles. The molecule has 0 saturated carbocycles. The van der Waals surface area contributed by atoms with E-state index in [0.717, 1.165) is 16.9 Å². The van der Waals surface area contributed by atoms with E-state index in [1.807, 2.05) is 37.3 Å². The molecule has 0 radical (unpaired) electrons. The highest BCUT2D eigenvalue weighted by Gasteiger charge is 2.21. The number of amides is 2. The number of nitrogens with zero attached hydrogens (tertiary/aromatic N) is 2. The second-order valence-electron chi connectivity index (χ2n) is 8.30. The molecule has 7 heteroatoms. The summed E-state index contributed by atoms with van der Waals surface area (Å²) in [6.45, 7) is 8.67. The fourth-order valence-electron chi connectivity index (χ4n) is 2.94. The minimum absolute atomic E-state index is 0.128. The van der Waals surface area contributed by atoms with Crippen LogP contribution in [0, 0.1) is 6.92 Å². The van der Waals surface area contributed by atoms with Crippen molar-refractivity contribution in [3.05, 3.63) is 65.7 Å². The summed E-state index contributed by atoms with van der Waals surface area (Å²) in [6, 6.07) is 13.2. The summed E-state index contributed by atoms with van der Waals surface area (Å²) in [7, 11) is 0. The van der Waals surface area contributed by atoms with Gasteiger partial charge in [-0.25, -0.2) is 4.68 Å². The van der Waals surface area contributed by atoms with E-state index in [1.165, 1.54) is 6.26 Å². The zero-order chi connectivity index (χ0) is 21.7. The molecule has 0 saturated heterocycles. The molecule has 0 spiro atoms. The van der Waals surface area contributed by atoms with Gasteiger partial charge in [0, 0.05) is 24.4 Å². The lowest BCUT2D eigenvalue weighted by atomic mass is 9.92. The van der Waals surface area contributed by atoms with Crippen LogP contribution in [-0.4, -0.2) is 28.1 Å². The van der Waals surface area contributed by atoms with Crippen molar-refractivity contribution in [1.29, 1.82) is 0 Å². The molecular formula is C23H28N4O3. The van der Waals surface area contributed by atoms with Crippen LogP contribution < -0.4 is 10.6 Å². The van der Waals surface area contributed by atoms with Crippen molar-refractivity contribution in [3.8, 4) is 5.69 Å². The molecule has 2 heterocycles. The number of furan rings is 1. The monoisotopic (exact) mass is 408 g/mol. The van der Waals surface area contributed by atoms with Crippen molar-refractivity contribution in [2.24, 2.45) is 0 Å². The Morgan fingerprint density at radius 2 is 1.93 bits per heavy atom. The van der Waals surface area contributed by atoms with Crippen molar-refractivity contribution in [1.82, 2.24) is 15.1 Å². The maximum Gasteiger partial charge on any atom is 0.286 e. The van der Waals surface area contributed by atoms with Crippen molar-refractivity contribution in [3.63, 3.8) is 0 Å². The first-order chi connectivity index (χ1) is 14.2. The fourth-order valence-corrected chi connectivity index (χ4v) is 2.94. The highest BCUT2D eigenvalue weighted by Crippen LogP contribution is 2.26. The van der Waals surface area contributed by atoms with Gasteiger partial charge in [0.05, 0.1) is 17.6 Å². The number of aryl methyl sites for hydroxylation is 1. The summed E-state index contributed by atoms with van der Waals surface area (Å²) >= 11 is 0. The summed E-state index contributed by atoms with van der Waals surface area (Å²) in [4.78, 5) is 24.4. The van der Waals surface area contributed by atoms with Crippen molar-refractivity contribution in [2.75, 3.05) is 11.9 Å². The maximum atomic E-state index is 12.5. The van der Waals surface area contributed by atoms with E-state index in [9.17, 15) is 9.59 Å². The highest BCUT2D eigenvalue weighted by atomic mass is 16.3. The summed E-state index contributed by atoms with van der Waals surface area (Å²) in [5.74, 6) is 0.482. The summed E-state index contributed by atoms with van der Waals surface area (Å²) in [5, 5.41) is 10.4. The predicted molar refractivity (Wildman–Crippen MR) is 116 cm³/mol. The first-order valence-corrected chi connectivity index (χ1v) is 10.0. The normalized spacial score (nSPS) is 11.3. The van der Waals surface area contributed by atoms with Crippen LogP contribution in [-0.2, 0) is 10.2 Å². The molecule has 3 aromatic rings. The van der Waals surface area contributed by atoms with Crippen LogP contribution in [0.25, 0.3) is 5.69 Å². The van der Waals surface area contributed by atoms with E-state index in [1.54, 1.807) is 16.8 Å². The molecule has 0 bridgehead atoms. The average Bonchev–Trinajstić information content (AvgIpc) is 3.35. The van der Waals surface area contributed by atoms with E-state index in [-0.39, 0.29) is 29.4 Å². The van der Waals surface area contributed by atoms with Gasteiger partial charge in [0.25, 0.3) is 5.91 Å². The molecule has 0 aliphatic heterocycles. The van der Waals surface area contributed by atoms with Crippen molar-refractivity contribution in [2.45, 2.75) is 46.0 Å². The SMILES string of the molecule is Cc1cccc(-n2nc(C(C)(C)C)cc2NC(=O)CCCNC(=O)c2ccco2)c1. The van der Waals surface area contributed by atoms with Gasteiger partial charge < -0.3 is 15.1 Å². The number of rotatable bonds is 7. The lowest BCUT2D eigenvalue weighted by molar-refractivity contribution is -0.116. The maximum absolute atomic E-state index is 12.5. The van der Waals surface area contributed by atoms with E-state index < -0.39 is 0 Å². The Morgan fingerprint density at radius 3 is 2.60 bits per heavy atom. The topological polar surface area (TPSA) is 89.2 Å². The smallest absolute Gasteiger partial charge is 0.286 e. The average molecular weight is 409 g/mol. The van der Waals surface area contributed by atoms with Gasteiger partial charge in [-0.2, -0.15) is 5.10 Å². The summed E-state index contributed by atoms with van der Waals surface area (Å²) < 4.78 is 6.81. The zero-order valence-corrected chi connectivity index (χ0v) is 17.9. The summed E-state index contributed by atoms with van der Waals surface area (Å²) in [5.41, 5.74) is 2.76. The molecule has 3 rings (SSSR count). The highest BCUT2D eigenvalue weighted by molar-refractivity contribution is 5.92. The van der Waals surface area contributed by atoms with Crippen LogP contribution in [0.5, 0.6) is 0 Å². The standard InChI is InChI=1S/C23H28N4O3/c1-16-8-5-9-17(14-16)27-20(15-19(26-27)23(2,3)4)25-21(28)11-6-12-24-22(29)18-10-7-13-30-18/h5,7-10,13-15H,6,11-12H2,1-4H3,(H,24,29)(H,25,28). The molecule has 2 amide bonds. The van der Waals surface area contributed by atoms with Gasteiger partial charge in [-0.1, -0.05) is 32.9 Å². The van der Waals surface area contributed by atoms with Gasteiger partial charge in [0.15, 0.2) is 5.76 Å². The fraction of sp³-hybridized carbons (Fsp3) is 0.348. The molecule has 0 aliphatic rings. The third-order valence-corrected chi connectivity index (χ3v) is 4.60. The molecular weight excluding hydrogens is 380 g/mol. The third-order valence-electron chi connectivity index (χ3n) is 4.60. The van der Waals surface area contributed by atoms with E-state index in [0.29, 0.717) is 18.8 Å². The lowest BCUT2D eigenvalue weighted by Gasteiger charge is -2.14. The molecule has 30 heavy (non-hydrogen) atoms. The van der Waals surface area contributed by atoms with Gasteiger partial charge in [0.2, 0.25) is 5.91 Å². The van der Waals surface area contributed by atoms with E-state index in [4.69, 9.17) is 9.52 Å². The van der Waals surface area contributed by atoms with E-state index >= 15 is 0 Å². The van der Waals surface area contributed by atoms with Gasteiger partial charge in [-0.3, -0.25) is 9.59 Å². The number of carbonyl (C=O) groups excluding carboxylic acids is 2. The molecule has 1 aromatic carbocycles. The van der Waals surface area contributed by atoms with Crippen LogP contribution in [0.3, 0.4) is 0 Å². The van der Waals surface area contributed by atoms with Crippen LogP contribution in [0.15, 0.2) is 53.1 Å². The predicted octanol–water partition coefficient (Wildman–Crippen LogP) is 4.22. The second kappa shape index (κ2) is 8.98. The van der Waals surface area contributed by atoms with Gasteiger partial charge >= 0.3 is 0 Å². The first kappa shape index (κ1) is 21.4. The molecule has 2 N–H and O–H groups in total. The van der Waals surface area contributed by atoms with Crippen molar-refractivity contribution < 1.29 is 14.0 Å². The third kappa shape index (κ3) is 5.37. The molecule has 7 nitrogen and oxygen atoms in total. The number of benzene rings is 1. The van der Waals surface area contributed by atoms with Crippen molar-refractivity contribution >= 4 is 17.6 Å². The minimum atomic E-state index is -0.284. The molecule has 0 fully saturated rings. The Labute approximate surface area is 176 Å². The molecule has 0 unspecified atom stereocenters.